The predicted molar refractivity (Wildman–Crippen MR) is 108 cm³/mol. The molecule has 3 amide bonds. The maximum absolute atomic E-state index is 12.5. The number of hydrogen-bond donors (Lipinski definition) is 1. The van der Waals surface area contributed by atoms with Crippen LogP contribution in [-0.2, 0) is 24.2 Å². The van der Waals surface area contributed by atoms with E-state index in [1.54, 1.807) is 6.07 Å². The summed E-state index contributed by atoms with van der Waals surface area (Å²) in [6, 6.07) is 4.61. The van der Waals surface area contributed by atoms with Crippen molar-refractivity contribution >= 4 is 54.2 Å². The second-order valence-electron chi connectivity index (χ2n) is 7.54. The Bertz CT molecular complexity index is 1080. The van der Waals surface area contributed by atoms with Crippen molar-refractivity contribution < 1.29 is 22.8 Å². The molecule has 1 saturated heterocycles. The lowest BCUT2D eigenvalue weighted by Crippen LogP contribution is -2.34. The third-order valence-corrected chi connectivity index (χ3v) is 7.57. The number of thiazole rings is 1. The minimum atomic E-state index is -3.32. The molecular formula is C19H21N3O5S2. The minimum Gasteiger partial charge on any atom is -0.302 e. The molecule has 2 aromatic rings. The highest BCUT2D eigenvalue weighted by atomic mass is 32.2. The lowest BCUT2D eigenvalue weighted by atomic mass is 9.81. The van der Waals surface area contributed by atoms with Gasteiger partial charge in [0.2, 0.25) is 17.7 Å². The molecule has 0 bridgehead atoms. The van der Waals surface area contributed by atoms with E-state index in [9.17, 15) is 22.8 Å². The number of nitrogens with one attached hydrogen (secondary N) is 1. The van der Waals surface area contributed by atoms with Crippen LogP contribution in [0.3, 0.4) is 0 Å². The van der Waals surface area contributed by atoms with Gasteiger partial charge in [-0.3, -0.25) is 19.3 Å². The third kappa shape index (κ3) is 3.91. The second kappa shape index (κ2) is 7.49. The standard InChI is InChI=1S/C19H21N3O5S2/c1-29(26,27)11-6-7-14-15(10-11)28-19(20-14)21-16(23)8-9-22-17(24)12-4-2-3-5-13(12)18(22)25/h6-7,10,12-13H,2-5,8-9H2,1H3,(H,20,21,23)/t12-,13-/m0/s1. The molecule has 1 aliphatic carbocycles. The fourth-order valence-corrected chi connectivity index (χ4v) is 5.68. The normalized spacial score (nSPS) is 22.2. The van der Waals surface area contributed by atoms with Crippen molar-refractivity contribution in [2.45, 2.75) is 37.0 Å². The van der Waals surface area contributed by atoms with Crippen molar-refractivity contribution in [1.29, 1.82) is 0 Å². The van der Waals surface area contributed by atoms with Crippen LogP contribution in [0.25, 0.3) is 10.2 Å². The summed E-state index contributed by atoms with van der Waals surface area (Å²) in [5.41, 5.74) is 0.590. The summed E-state index contributed by atoms with van der Waals surface area (Å²) in [5.74, 6) is -1.08. The van der Waals surface area contributed by atoms with Crippen molar-refractivity contribution in [2.75, 3.05) is 18.1 Å². The molecule has 154 valence electrons. The van der Waals surface area contributed by atoms with Crippen LogP contribution in [0.1, 0.15) is 32.1 Å². The predicted octanol–water partition coefficient (Wildman–Crippen LogP) is 2.20. The van der Waals surface area contributed by atoms with E-state index in [1.807, 2.05) is 0 Å². The van der Waals surface area contributed by atoms with Crippen LogP contribution >= 0.6 is 11.3 Å². The topological polar surface area (TPSA) is 114 Å². The van der Waals surface area contributed by atoms with Crippen LogP contribution in [0.2, 0.25) is 0 Å². The van der Waals surface area contributed by atoms with E-state index in [2.05, 4.69) is 10.3 Å². The van der Waals surface area contributed by atoms with Gasteiger partial charge in [-0.25, -0.2) is 13.4 Å². The molecule has 1 aliphatic heterocycles. The average molecular weight is 436 g/mol. The molecule has 0 unspecified atom stereocenters. The number of rotatable bonds is 5. The number of sulfone groups is 1. The van der Waals surface area contributed by atoms with Crippen LogP contribution in [0.15, 0.2) is 23.1 Å². The summed E-state index contributed by atoms with van der Waals surface area (Å²) in [6.45, 7) is 0.0691. The molecule has 2 atom stereocenters. The first-order valence-electron chi connectivity index (χ1n) is 9.50. The molecule has 1 N–H and O–H groups in total. The fraction of sp³-hybridized carbons (Fsp3) is 0.474. The number of nitrogens with zero attached hydrogens (tertiary/aromatic N) is 2. The molecule has 10 heteroatoms. The Balaban J connectivity index is 1.40. The van der Waals surface area contributed by atoms with Gasteiger partial charge in [-0.05, 0) is 31.0 Å². The van der Waals surface area contributed by atoms with Crippen LogP contribution in [0, 0.1) is 11.8 Å². The summed E-state index contributed by atoms with van der Waals surface area (Å²) in [6.07, 6.45) is 4.56. The highest BCUT2D eigenvalue weighted by molar-refractivity contribution is 7.90. The Morgan fingerprint density at radius 3 is 2.48 bits per heavy atom. The number of imide groups is 1. The van der Waals surface area contributed by atoms with Gasteiger partial charge in [0.05, 0.1) is 26.9 Å². The molecular weight excluding hydrogens is 414 g/mol. The molecule has 1 aromatic heterocycles. The highest BCUT2D eigenvalue weighted by Gasteiger charge is 2.47. The largest absolute Gasteiger partial charge is 0.302 e. The maximum atomic E-state index is 12.5. The zero-order chi connectivity index (χ0) is 20.8. The van der Waals surface area contributed by atoms with Gasteiger partial charge >= 0.3 is 0 Å². The summed E-state index contributed by atoms with van der Waals surface area (Å²) in [4.78, 5) is 43.0. The molecule has 29 heavy (non-hydrogen) atoms. The van der Waals surface area contributed by atoms with Crippen molar-refractivity contribution in [2.24, 2.45) is 11.8 Å². The smallest absolute Gasteiger partial charge is 0.233 e. The van der Waals surface area contributed by atoms with Gasteiger partial charge in [0.15, 0.2) is 15.0 Å². The van der Waals surface area contributed by atoms with Crippen molar-refractivity contribution in [3.63, 3.8) is 0 Å². The Hall–Kier alpha value is -2.33. The van der Waals surface area contributed by atoms with E-state index in [0.29, 0.717) is 15.3 Å². The first-order valence-corrected chi connectivity index (χ1v) is 12.2. The maximum Gasteiger partial charge on any atom is 0.233 e. The lowest BCUT2D eigenvalue weighted by Gasteiger charge is -2.19. The van der Waals surface area contributed by atoms with Gasteiger partial charge in [-0.2, -0.15) is 0 Å². The zero-order valence-corrected chi connectivity index (χ0v) is 17.5. The van der Waals surface area contributed by atoms with E-state index in [-0.39, 0.29) is 47.4 Å². The SMILES string of the molecule is CS(=O)(=O)c1ccc2nc(NC(=O)CCN3C(=O)[C@H]4CCCC[C@@H]4C3=O)sc2c1. The number of benzene rings is 1. The van der Waals surface area contributed by atoms with E-state index in [0.717, 1.165) is 31.9 Å². The minimum absolute atomic E-state index is 0.00142. The van der Waals surface area contributed by atoms with Gasteiger partial charge in [0, 0.05) is 19.2 Å². The number of fused-ring (bicyclic) bond motifs is 2. The quantitative estimate of drug-likeness (QED) is 0.721. The number of aromatic nitrogens is 1. The number of carbonyl (C=O) groups is 3. The van der Waals surface area contributed by atoms with Gasteiger partial charge in [0.1, 0.15) is 0 Å². The number of amides is 3. The van der Waals surface area contributed by atoms with Crippen LogP contribution in [0.5, 0.6) is 0 Å². The molecule has 8 nitrogen and oxygen atoms in total. The number of likely N-dealkylation sites (tertiary alicyclic amines) is 1. The summed E-state index contributed by atoms with van der Waals surface area (Å²) in [5, 5.41) is 3.03. The average Bonchev–Trinajstić information content (AvgIpc) is 3.18. The Kier molecular flexibility index (Phi) is 5.16. The Labute approximate surface area is 172 Å². The number of carbonyl (C=O) groups excluding carboxylic acids is 3. The second-order valence-corrected chi connectivity index (χ2v) is 10.6. The monoisotopic (exact) mass is 435 g/mol. The van der Waals surface area contributed by atoms with Gasteiger partial charge in [-0.1, -0.05) is 24.2 Å². The van der Waals surface area contributed by atoms with Gasteiger partial charge in [0.25, 0.3) is 0 Å². The van der Waals surface area contributed by atoms with E-state index in [1.165, 1.54) is 28.4 Å². The Morgan fingerprint density at radius 1 is 1.21 bits per heavy atom. The zero-order valence-electron chi connectivity index (χ0n) is 15.9. The summed E-state index contributed by atoms with van der Waals surface area (Å²) in [7, 11) is -3.32. The van der Waals surface area contributed by atoms with Crippen molar-refractivity contribution in [1.82, 2.24) is 9.88 Å². The molecule has 0 radical (unpaired) electrons. The van der Waals surface area contributed by atoms with Crippen LogP contribution in [0.4, 0.5) is 5.13 Å². The summed E-state index contributed by atoms with van der Waals surface area (Å²) < 4.78 is 24.0. The molecule has 1 aromatic carbocycles. The molecule has 0 spiro atoms. The van der Waals surface area contributed by atoms with Crippen molar-refractivity contribution in [3.05, 3.63) is 18.2 Å². The first kappa shape index (κ1) is 20.0. The first-order chi connectivity index (χ1) is 13.7. The molecule has 1 saturated carbocycles. The third-order valence-electron chi connectivity index (χ3n) is 5.53. The lowest BCUT2D eigenvalue weighted by molar-refractivity contribution is -0.140. The number of anilines is 1. The van der Waals surface area contributed by atoms with Crippen LogP contribution < -0.4 is 5.32 Å². The highest BCUT2D eigenvalue weighted by Crippen LogP contribution is 2.38. The van der Waals surface area contributed by atoms with Crippen LogP contribution in [-0.4, -0.2) is 48.8 Å². The molecule has 4 rings (SSSR count). The van der Waals surface area contributed by atoms with Gasteiger partial charge in [-0.15, -0.1) is 0 Å². The number of hydrogen-bond acceptors (Lipinski definition) is 7. The summed E-state index contributed by atoms with van der Waals surface area (Å²) >= 11 is 1.18. The van der Waals surface area contributed by atoms with Crippen molar-refractivity contribution in [3.8, 4) is 0 Å². The molecule has 2 heterocycles. The van der Waals surface area contributed by atoms with Gasteiger partial charge < -0.3 is 5.32 Å². The Morgan fingerprint density at radius 2 is 1.86 bits per heavy atom. The van der Waals surface area contributed by atoms with E-state index >= 15 is 0 Å². The van der Waals surface area contributed by atoms with E-state index < -0.39 is 9.84 Å². The fourth-order valence-electron chi connectivity index (χ4n) is 4.04. The van der Waals surface area contributed by atoms with E-state index in [4.69, 9.17) is 0 Å². The molecule has 2 aliphatic rings. The molecule has 2 fully saturated rings.